The molecular weight excluding hydrogens is 306 g/mol. The first-order valence-electron chi connectivity index (χ1n) is 1.30. The first-order valence-corrected chi connectivity index (χ1v) is 3.23. The molecule has 6 heavy (non-hydrogen) atoms. The van der Waals surface area contributed by atoms with E-state index in [1.165, 1.54) is 0 Å². The van der Waals surface area contributed by atoms with Gasteiger partial charge in [-0.2, -0.15) is 0 Å². The average molecular weight is 310 g/mol. The number of aliphatic imine (C=N–C) groups is 1. The van der Waals surface area contributed by atoms with E-state index >= 15 is 0 Å². The molecule has 0 aliphatic carbocycles. The summed E-state index contributed by atoms with van der Waals surface area (Å²) < 4.78 is 1.83. The van der Waals surface area contributed by atoms with E-state index in [4.69, 9.17) is 0 Å². The summed E-state index contributed by atoms with van der Waals surface area (Å²) in [4.78, 5) is 3.72. The largest absolute Gasteiger partial charge is 0.278 e. The molecule has 0 saturated carbocycles. The Morgan fingerprint density at radius 3 is 2.17 bits per heavy atom. The second-order valence-electron chi connectivity index (χ2n) is 0.633. The lowest BCUT2D eigenvalue weighted by atomic mass is 11.3. The Morgan fingerprint density at radius 2 is 2.17 bits per heavy atom. The molecule has 0 saturated heterocycles. The van der Waals surface area contributed by atoms with Gasteiger partial charge >= 0.3 is 0 Å². The average Bonchev–Trinajstić information content (AvgIpc) is 1.35. The summed E-state index contributed by atoms with van der Waals surface area (Å²) in [5.74, 6) is 0. The third-order valence-corrected chi connectivity index (χ3v) is 0.701. The second-order valence-corrected chi connectivity index (χ2v) is 4.56. The SMILES string of the molecule is CN=CN(I)I. The maximum Gasteiger partial charge on any atom is 0.103 e. The van der Waals surface area contributed by atoms with Gasteiger partial charge < -0.3 is 0 Å². The third kappa shape index (κ3) is 4.93. The summed E-state index contributed by atoms with van der Waals surface area (Å²) in [7, 11) is 1.74. The fraction of sp³-hybridized carbons (Fsp3) is 0.500. The number of hydrogen-bond acceptors (Lipinski definition) is 1. The van der Waals surface area contributed by atoms with Crippen LogP contribution >= 0.6 is 45.7 Å². The predicted octanol–water partition coefficient (Wildman–Crippen LogP) is 1.65. The van der Waals surface area contributed by atoms with E-state index in [2.05, 4.69) is 50.7 Å². The molecule has 0 atom stereocenters. The van der Waals surface area contributed by atoms with Crippen LogP contribution in [0.4, 0.5) is 0 Å². The van der Waals surface area contributed by atoms with Crippen LogP contribution in [0.5, 0.6) is 0 Å². The molecule has 2 nitrogen and oxygen atoms in total. The second kappa shape index (κ2) is 4.10. The fourth-order valence-electron chi connectivity index (χ4n) is 0.0873. The van der Waals surface area contributed by atoms with Gasteiger partial charge in [0, 0.05) is 7.05 Å². The maximum absolute atomic E-state index is 3.72. The maximum atomic E-state index is 3.72. The monoisotopic (exact) mass is 310 g/mol. The van der Waals surface area contributed by atoms with Crippen LogP contribution in [-0.2, 0) is 0 Å². The van der Waals surface area contributed by atoms with Gasteiger partial charge in [0.2, 0.25) is 0 Å². The lowest BCUT2D eigenvalue weighted by Crippen LogP contribution is -1.86. The van der Waals surface area contributed by atoms with E-state index < -0.39 is 0 Å². The molecular formula is C2H4I2N2. The van der Waals surface area contributed by atoms with Crippen LogP contribution in [0.1, 0.15) is 0 Å². The van der Waals surface area contributed by atoms with Gasteiger partial charge in [-0.1, -0.05) is 0 Å². The van der Waals surface area contributed by atoms with Gasteiger partial charge in [-0.15, -0.1) is 0 Å². The Balaban J connectivity index is 3.03. The highest BCUT2D eigenvalue weighted by Crippen LogP contribution is 2.00. The van der Waals surface area contributed by atoms with Crippen molar-refractivity contribution >= 4 is 52.1 Å². The van der Waals surface area contributed by atoms with Crippen LogP contribution in [0.3, 0.4) is 0 Å². The highest BCUT2D eigenvalue weighted by Gasteiger charge is 1.74. The first-order chi connectivity index (χ1) is 2.77. The summed E-state index contributed by atoms with van der Waals surface area (Å²) in [6.45, 7) is 0. The van der Waals surface area contributed by atoms with E-state index in [9.17, 15) is 0 Å². The van der Waals surface area contributed by atoms with Crippen molar-refractivity contribution in [3.8, 4) is 0 Å². The Kier molecular flexibility index (Phi) is 4.73. The van der Waals surface area contributed by atoms with E-state index in [0.29, 0.717) is 0 Å². The van der Waals surface area contributed by atoms with Gasteiger partial charge in [0.25, 0.3) is 0 Å². The molecule has 0 unspecified atom stereocenters. The van der Waals surface area contributed by atoms with E-state index in [1.54, 1.807) is 13.4 Å². The van der Waals surface area contributed by atoms with Crippen molar-refractivity contribution < 1.29 is 0 Å². The molecule has 4 heteroatoms. The summed E-state index contributed by atoms with van der Waals surface area (Å²) in [5, 5.41) is 0. The molecule has 0 fully saturated rings. The van der Waals surface area contributed by atoms with Gasteiger partial charge in [-0.25, -0.2) is 1.33 Å². The lowest BCUT2D eigenvalue weighted by Gasteiger charge is -1.90. The molecule has 0 aromatic heterocycles. The molecule has 0 aliphatic rings. The van der Waals surface area contributed by atoms with Crippen LogP contribution in [0.15, 0.2) is 4.99 Å². The summed E-state index contributed by atoms with van der Waals surface area (Å²) >= 11 is 4.23. The van der Waals surface area contributed by atoms with Crippen LogP contribution in [0, 0.1) is 0 Å². The lowest BCUT2D eigenvalue weighted by molar-refractivity contribution is 1.30. The molecule has 0 radical (unpaired) electrons. The minimum Gasteiger partial charge on any atom is -0.278 e. The van der Waals surface area contributed by atoms with Crippen molar-refractivity contribution in [2.75, 3.05) is 7.05 Å². The van der Waals surface area contributed by atoms with E-state index in [1.807, 2.05) is 1.33 Å². The quantitative estimate of drug-likeness (QED) is 0.311. The molecule has 0 bridgehead atoms. The molecule has 0 spiro atoms. The van der Waals surface area contributed by atoms with Crippen molar-refractivity contribution in [2.24, 2.45) is 4.99 Å². The Labute approximate surface area is 65.0 Å². The molecule has 0 aromatic carbocycles. The van der Waals surface area contributed by atoms with Crippen molar-refractivity contribution in [1.82, 2.24) is 1.33 Å². The van der Waals surface area contributed by atoms with Gasteiger partial charge in [-0.3, -0.25) is 4.99 Å². The van der Waals surface area contributed by atoms with Crippen LogP contribution in [0.2, 0.25) is 0 Å². The molecule has 36 valence electrons. The van der Waals surface area contributed by atoms with Crippen molar-refractivity contribution in [3.05, 3.63) is 0 Å². The molecule has 0 heterocycles. The number of nitrogens with zero attached hydrogens (tertiary/aromatic N) is 2. The van der Waals surface area contributed by atoms with Crippen LogP contribution in [-0.4, -0.2) is 14.7 Å². The van der Waals surface area contributed by atoms with Crippen molar-refractivity contribution in [1.29, 1.82) is 0 Å². The zero-order chi connectivity index (χ0) is 4.99. The topological polar surface area (TPSA) is 15.6 Å². The highest BCUT2D eigenvalue weighted by molar-refractivity contribution is 14.2. The molecule has 0 amide bonds. The molecule has 0 rings (SSSR count). The summed E-state index contributed by atoms with van der Waals surface area (Å²) in [5.41, 5.74) is 0. The predicted molar refractivity (Wildman–Crippen MR) is 44.3 cm³/mol. The minimum absolute atomic E-state index is 1.72. The zero-order valence-corrected chi connectivity index (χ0v) is 7.54. The Bertz CT molecular complexity index is 51.5. The zero-order valence-electron chi connectivity index (χ0n) is 3.23. The smallest absolute Gasteiger partial charge is 0.103 e. The van der Waals surface area contributed by atoms with E-state index in [0.717, 1.165) is 0 Å². The van der Waals surface area contributed by atoms with Crippen molar-refractivity contribution in [3.63, 3.8) is 0 Å². The molecule has 0 aliphatic heterocycles. The number of rotatable bonds is 1. The molecule has 0 N–H and O–H groups in total. The van der Waals surface area contributed by atoms with Crippen molar-refractivity contribution in [2.45, 2.75) is 0 Å². The number of halogens is 2. The summed E-state index contributed by atoms with van der Waals surface area (Å²) in [6.07, 6.45) is 1.72. The Hall–Kier alpha value is 0.930. The van der Waals surface area contributed by atoms with Crippen LogP contribution < -0.4 is 0 Å². The normalized spacial score (nSPS) is 9.83. The third-order valence-electron chi connectivity index (χ3n) is 0.203. The Morgan fingerprint density at radius 1 is 1.67 bits per heavy atom. The van der Waals surface area contributed by atoms with E-state index in [-0.39, 0.29) is 0 Å². The minimum atomic E-state index is 1.72. The summed E-state index contributed by atoms with van der Waals surface area (Å²) in [6, 6.07) is 0. The van der Waals surface area contributed by atoms with Gasteiger partial charge in [0.15, 0.2) is 0 Å². The van der Waals surface area contributed by atoms with Gasteiger partial charge in [0.05, 0.1) is 45.7 Å². The fourth-order valence-corrected chi connectivity index (χ4v) is 0.586. The van der Waals surface area contributed by atoms with Gasteiger partial charge in [-0.05, 0) is 0 Å². The standard InChI is InChI=1S/C2H4I2N2/c1-5-2-6(3)4/h2H,1H3. The molecule has 0 aromatic rings. The first kappa shape index (κ1) is 6.93. The van der Waals surface area contributed by atoms with Gasteiger partial charge in [0.1, 0.15) is 6.34 Å². The number of hydrogen-bond donors (Lipinski definition) is 0. The van der Waals surface area contributed by atoms with Crippen LogP contribution in [0.25, 0.3) is 0 Å². The highest BCUT2D eigenvalue weighted by atomic mass is 127.